The second-order valence-electron chi connectivity index (χ2n) is 7.87. The molecule has 0 bridgehead atoms. The summed E-state index contributed by atoms with van der Waals surface area (Å²) in [5.74, 6) is 1.82. The van der Waals surface area contributed by atoms with E-state index >= 15 is 0 Å². The van der Waals surface area contributed by atoms with E-state index < -0.39 is 0 Å². The quantitative estimate of drug-likeness (QED) is 0.837. The van der Waals surface area contributed by atoms with Gasteiger partial charge in [0, 0.05) is 37.5 Å². The number of anilines is 1. The van der Waals surface area contributed by atoms with Gasteiger partial charge in [-0.2, -0.15) is 0 Å². The van der Waals surface area contributed by atoms with E-state index in [4.69, 9.17) is 4.74 Å². The normalized spacial score (nSPS) is 15.4. The van der Waals surface area contributed by atoms with E-state index in [2.05, 4.69) is 28.9 Å². The van der Waals surface area contributed by atoms with Gasteiger partial charge in [-0.3, -0.25) is 0 Å². The lowest BCUT2D eigenvalue weighted by atomic mass is 9.87. The highest BCUT2D eigenvalue weighted by atomic mass is 19.1. The molecule has 3 rings (SSSR count). The zero-order valence-electron chi connectivity index (χ0n) is 15.6. The Morgan fingerprint density at radius 3 is 2.40 bits per heavy atom. The van der Waals surface area contributed by atoms with Gasteiger partial charge in [0.25, 0.3) is 0 Å². The topological polar surface area (TPSA) is 28.6 Å². The molecule has 0 saturated carbocycles. The van der Waals surface area contributed by atoms with Crippen LogP contribution in [0.5, 0.6) is 11.5 Å². The fraction of sp³-hybridized carbons (Fsp3) is 0.450. The fourth-order valence-electron chi connectivity index (χ4n) is 2.91. The van der Waals surface area contributed by atoms with Crippen molar-refractivity contribution >= 4 is 5.82 Å². The predicted molar refractivity (Wildman–Crippen MR) is 99.1 cm³/mol. The summed E-state index contributed by atoms with van der Waals surface area (Å²) in [7, 11) is 4.18. The molecule has 0 atom stereocenters. The van der Waals surface area contributed by atoms with Crippen molar-refractivity contribution < 1.29 is 9.13 Å². The van der Waals surface area contributed by atoms with Crippen LogP contribution in [0.4, 0.5) is 10.2 Å². The molecule has 0 amide bonds. The van der Waals surface area contributed by atoms with E-state index in [1.807, 2.05) is 32.9 Å². The second kappa shape index (κ2) is 6.64. The van der Waals surface area contributed by atoms with E-state index in [1.54, 1.807) is 18.3 Å². The van der Waals surface area contributed by atoms with Gasteiger partial charge in [0.1, 0.15) is 23.1 Å². The van der Waals surface area contributed by atoms with Crippen LogP contribution in [0, 0.1) is 5.82 Å². The molecule has 2 heterocycles. The lowest BCUT2D eigenvalue weighted by Crippen LogP contribution is -2.57. The molecule has 25 heavy (non-hydrogen) atoms. The standard InChI is InChI=1S/C20H26FN3O/c1-20(2,3)17-7-6-15(10-18(17)21)25-16-8-9-22-19(11-16)24-12-14(13-24)23(4)5/h6-11,14H,12-13H2,1-5H3. The van der Waals surface area contributed by atoms with E-state index in [0.717, 1.165) is 18.9 Å². The number of halogens is 1. The molecule has 0 radical (unpaired) electrons. The van der Waals surface area contributed by atoms with Crippen molar-refractivity contribution in [3.05, 3.63) is 47.9 Å². The Morgan fingerprint density at radius 1 is 1.12 bits per heavy atom. The third kappa shape index (κ3) is 3.93. The van der Waals surface area contributed by atoms with Gasteiger partial charge in [0.05, 0.1) is 0 Å². The van der Waals surface area contributed by atoms with Gasteiger partial charge in [-0.15, -0.1) is 0 Å². The number of nitrogens with zero attached hydrogens (tertiary/aromatic N) is 3. The molecule has 1 aliphatic rings. The van der Waals surface area contributed by atoms with Crippen molar-refractivity contribution in [1.29, 1.82) is 0 Å². The molecule has 1 aromatic heterocycles. The van der Waals surface area contributed by atoms with Gasteiger partial charge < -0.3 is 14.5 Å². The zero-order valence-corrected chi connectivity index (χ0v) is 15.6. The van der Waals surface area contributed by atoms with Crippen LogP contribution < -0.4 is 9.64 Å². The number of hydrogen-bond donors (Lipinski definition) is 0. The molecule has 0 aliphatic carbocycles. The smallest absolute Gasteiger partial charge is 0.132 e. The van der Waals surface area contributed by atoms with Crippen LogP contribution in [0.15, 0.2) is 36.5 Å². The lowest BCUT2D eigenvalue weighted by Gasteiger charge is -2.43. The maximum Gasteiger partial charge on any atom is 0.132 e. The number of rotatable bonds is 4. The highest BCUT2D eigenvalue weighted by Gasteiger charge is 2.29. The monoisotopic (exact) mass is 343 g/mol. The molecule has 0 unspecified atom stereocenters. The number of aromatic nitrogens is 1. The van der Waals surface area contributed by atoms with Crippen LogP contribution in [0.2, 0.25) is 0 Å². The summed E-state index contributed by atoms with van der Waals surface area (Å²) in [6.45, 7) is 7.90. The summed E-state index contributed by atoms with van der Waals surface area (Å²) in [5, 5.41) is 0. The molecular weight excluding hydrogens is 317 g/mol. The molecule has 1 aliphatic heterocycles. The molecule has 1 aromatic carbocycles. The van der Waals surface area contributed by atoms with Crippen molar-refractivity contribution in [2.75, 3.05) is 32.1 Å². The second-order valence-corrected chi connectivity index (χ2v) is 7.87. The van der Waals surface area contributed by atoms with E-state index in [-0.39, 0.29) is 11.2 Å². The van der Waals surface area contributed by atoms with Crippen molar-refractivity contribution in [1.82, 2.24) is 9.88 Å². The first-order chi connectivity index (χ1) is 11.7. The minimum atomic E-state index is -0.240. The van der Waals surface area contributed by atoms with Crippen LogP contribution >= 0.6 is 0 Å². The van der Waals surface area contributed by atoms with Crippen LogP contribution in [0.1, 0.15) is 26.3 Å². The van der Waals surface area contributed by atoms with Gasteiger partial charge in [0.2, 0.25) is 0 Å². The predicted octanol–water partition coefficient (Wildman–Crippen LogP) is 4.06. The Hall–Kier alpha value is -2.14. The molecule has 1 fully saturated rings. The highest BCUT2D eigenvalue weighted by molar-refractivity contribution is 5.48. The average molecular weight is 343 g/mol. The Kier molecular flexibility index (Phi) is 4.69. The fourth-order valence-corrected chi connectivity index (χ4v) is 2.91. The minimum Gasteiger partial charge on any atom is -0.457 e. The Bertz CT molecular complexity index is 749. The molecule has 0 spiro atoms. The Labute approximate surface area is 149 Å². The lowest BCUT2D eigenvalue weighted by molar-refractivity contribution is 0.246. The summed E-state index contributed by atoms with van der Waals surface area (Å²) < 4.78 is 20.2. The Balaban J connectivity index is 1.72. The molecular formula is C20H26FN3O. The highest BCUT2D eigenvalue weighted by Crippen LogP contribution is 2.31. The first-order valence-corrected chi connectivity index (χ1v) is 8.59. The van der Waals surface area contributed by atoms with Crippen LogP contribution in [0.3, 0.4) is 0 Å². The SMILES string of the molecule is CN(C)C1CN(c2cc(Oc3ccc(C(C)(C)C)c(F)c3)ccn2)C1. The molecule has 4 nitrogen and oxygen atoms in total. The van der Waals surface area contributed by atoms with Crippen molar-refractivity contribution in [2.45, 2.75) is 32.2 Å². The number of ether oxygens (including phenoxy) is 1. The maximum atomic E-state index is 14.3. The maximum absolute atomic E-state index is 14.3. The van der Waals surface area contributed by atoms with Gasteiger partial charge >= 0.3 is 0 Å². The number of likely N-dealkylation sites (N-methyl/N-ethyl adjacent to an activating group) is 1. The number of benzene rings is 1. The van der Waals surface area contributed by atoms with Gasteiger partial charge in [0.15, 0.2) is 0 Å². The van der Waals surface area contributed by atoms with E-state index in [1.165, 1.54) is 6.07 Å². The first-order valence-electron chi connectivity index (χ1n) is 8.59. The third-order valence-electron chi connectivity index (χ3n) is 4.62. The molecule has 134 valence electrons. The van der Waals surface area contributed by atoms with Gasteiger partial charge in [-0.05, 0) is 37.2 Å². The molecule has 2 aromatic rings. The van der Waals surface area contributed by atoms with E-state index in [9.17, 15) is 4.39 Å². The first kappa shape index (κ1) is 17.7. The van der Waals surface area contributed by atoms with Crippen LogP contribution in [-0.4, -0.2) is 43.1 Å². The van der Waals surface area contributed by atoms with Crippen LogP contribution in [-0.2, 0) is 5.41 Å². The summed E-state index contributed by atoms with van der Waals surface area (Å²) in [6, 6.07) is 9.32. The molecule has 1 saturated heterocycles. The summed E-state index contributed by atoms with van der Waals surface area (Å²) in [5.41, 5.74) is 0.456. The van der Waals surface area contributed by atoms with Crippen molar-refractivity contribution in [2.24, 2.45) is 0 Å². The van der Waals surface area contributed by atoms with Crippen LogP contribution in [0.25, 0.3) is 0 Å². The molecule has 5 heteroatoms. The van der Waals surface area contributed by atoms with E-state index in [0.29, 0.717) is 23.1 Å². The average Bonchev–Trinajstić information content (AvgIpc) is 2.44. The van der Waals surface area contributed by atoms with Crippen molar-refractivity contribution in [3.8, 4) is 11.5 Å². The number of pyridine rings is 1. The van der Waals surface area contributed by atoms with Gasteiger partial charge in [-0.25, -0.2) is 9.37 Å². The molecule has 0 N–H and O–H groups in total. The third-order valence-corrected chi connectivity index (χ3v) is 4.62. The number of hydrogen-bond acceptors (Lipinski definition) is 4. The summed E-state index contributed by atoms with van der Waals surface area (Å²) in [4.78, 5) is 8.84. The Morgan fingerprint density at radius 2 is 1.80 bits per heavy atom. The largest absolute Gasteiger partial charge is 0.457 e. The summed E-state index contributed by atoms with van der Waals surface area (Å²) in [6.07, 6.45) is 1.73. The minimum absolute atomic E-state index is 0.229. The zero-order chi connectivity index (χ0) is 18.2. The van der Waals surface area contributed by atoms with Gasteiger partial charge in [-0.1, -0.05) is 26.8 Å². The summed E-state index contributed by atoms with van der Waals surface area (Å²) >= 11 is 0. The van der Waals surface area contributed by atoms with Crippen molar-refractivity contribution in [3.63, 3.8) is 0 Å².